The maximum atomic E-state index is 11.5. The van der Waals surface area contributed by atoms with Crippen molar-refractivity contribution in [3.63, 3.8) is 0 Å². The highest BCUT2D eigenvalue weighted by Crippen LogP contribution is 2.47. The zero-order chi connectivity index (χ0) is 12.7. The average Bonchev–Trinajstić information content (AvgIpc) is 2.97. The molecule has 0 aromatic carbocycles. The minimum absolute atomic E-state index is 0.0832. The molecule has 3 fully saturated rings. The van der Waals surface area contributed by atoms with Crippen molar-refractivity contribution < 1.29 is 28.5 Å². The molecule has 3 aliphatic rings. The first kappa shape index (κ1) is 12.2. The maximum Gasteiger partial charge on any atom is 0.320 e. The molecule has 7 heteroatoms. The molecule has 0 spiro atoms. The number of esters is 2. The summed E-state index contributed by atoms with van der Waals surface area (Å²) in [6, 6.07) is 0. The van der Waals surface area contributed by atoms with Crippen LogP contribution >= 0.6 is 11.6 Å². The molecular formula is C11H13ClO6. The second-order valence-corrected chi connectivity index (χ2v) is 4.84. The van der Waals surface area contributed by atoms with Gasteiger partial charge in [0.25, 0.3) is 0 Å². The third kappa shape index (κ3) is 1.88. The number of alkyl halides is 1. The maximum absolute atomic E-state index is 11.5. The number of fused-ring (bicyclic) bond motifs is 1. The van der Waals surface area contributed by atoms with Crippen molar-refractivity contribution in [3.05, 3.63) is 0 Å². The Bertz CT molecular complexity index is 373. The molecule has 18 heavy (non-hydrogen) atoms. The van der Waals surface area contributed by atoms with Crippen LogP contribution in [0.3, 0.4) is 0 Å². The van der Waals surface area contributed by atoms with Crippen LogP contribution in [0.15, 0.2) is 0 Å². The molecule has 5 atom stereocenters. The Morgan fingerprint density at radius 2 is 2.22 bits per heavy atom. The summed E-state index contributed by atoms with van der Waals surface area (Å²) in [4.78, 5) is 22.3. The van der Waals surface area contributed by atoms with Crippen LogP contribution in [-0.2, 0) is 28.5 Å². The summed E-state index contributed by atoms with van der Waals surface area (Å²) in [5.41, 5.74) is 0. The summed E-state index contributed by atoms with van der Waals surface area (Å²) in [6.07, 6.45) is -0.123. The highest BCUT2D eigenvalue weighted by Gasteiger charge is 2.64. The van der Waals surface area contributed by atoms with Crippen molar-refractivity contribution >= 4 is 23.5 Å². The molecule has 0 aromatic rings. The van der Waals surface area contributed by atoms with Crippen LogP contribution in [0.1, 0.15) is 6.42 Å². The Hall–Kier alpha value is -0.850. The first-order valence-electron chi connectivity index (χ1n) is 5.90. The van der Waals surface area contributed by atoms with Crippen LogP contribution in [0.2, 0.25) is 0 Å². The molecule has 0 aromatic heterocycles. The van der Waals surface area contributed by atoms with Gasteiger partial charge in [-0.05, 0) is 6.42 Å². The number of ether oxygens (including phenoxy) is 4. The molecule has 3 heterocycles. The lowest BCUT2D eigenvalue weighted by Crippen LogP contribution is -2.39. The van der Waals surface area contributed by atoms with E-state index in [-0.39, 0.29) is 55.4 Å². The van der Waals surface area contributed by atoms with Crippen molar-refractivity contribution in [3.8, 4) is 0 Å². The van der Waals surface area contributed by atoms with Gasteiger partial charge >= 0.3 is 11.9 Å². The lowest BCUT2D eigenvalue weighted by Gasteiger charge is -2.22. The number of rotatable bonds is 5. The van der Waals surface area contributed by atoms with E-state index in [1.165, 1.54) is 0 Å². The van der Waals surface area contributed by atoms with Gasteiger partial charge in [0.15, 0.2) is 6.10 Å². The van der Waals surface area contributed by atoms with E-state index >= 15 is 0 Å². The minimum Gasteiger partial charge on any atom is -0.462 e. The molecule has 0 saturated carbocycles. The third-order valence-electron chi connectivity index (χ3n) is 3.55. The van der Waals surface area contributed by atoms with Gasteiger partial charge in [-0.2, -0.15) is 0 Å². The molecule has 4 unspecified atom stereocenters. The molecule has 6 nitrogen and oxygen atoms in total. The predicted molar refractivity (Wildman–Crippen MR) is 58.1 cm³/mol. The second kappa shape index (κ2) is 4.68. The summed E-state index contributed by atoms with van der Waals surface area (Å²) in [5, 5.41) is 0. The van der Waals surface area contributed by atoms with Crippen LogP contribution in [0, 0.1) is 5.92 Å². The highest BCUT2D eigenvalue weighted by atomic mass is 35.5. The molecule has 3 rings (SSSR count). The molecular weight excluding hydrogens is 264 g/mol. The van der Waals surface area contributed by atoms with Crippen LogP contribution in [0.25, 0.3) is 0 Å². The fraction of sp³-hybridized carbons (Fsp3) is 0.818. The summed E-state index contributed by atoms with van der Waals surface area (Å²) in [5.74, 6) is -0.947. The van der Waals surface area contributed by atoms with E-state index in [9.17, 15) is 9.59 Å². The van der Waals surface area contributed by atoms with Gasteiger partial charge in [-0.1, -0.05) is 0 Å². The Morgan fingerprint density at radius 3 is 3.00 bits per heavy atom. The largest absolute Gasteiger partial charge is 0.462 e. The van der Waals surface area contributed by atoms with Crippen molar-refractivity contribution in [1.82, 2.24) is 0 Å². The van der Waals surface area contributed by atoms with Crippen LogP contribution in [-0.4, -0.2) is 55.4 Å². The molecule has 0 N–H and O–H groups in total. The number of carbonyl (C=O) groups is 2. The fourth-order valence-corrected chi connectivity index (χ4v) is 2.90. The molecule has 3 saturated heterocycles. The van der Waals surface area contributed by atoms with Gasteiger partial charge < -0.3 is 18.9 Å². The molecule has 0 amide bonds. The number of hydrogen-bond acceptors (Lipinski definition) is 6. The topological polar surface area (TPSA) is 71.1 Å². The van der Waals surface area contributed by atoms with Crippen molar-refractivity contribution in [2.24, 2.45) is 5.92 Å². The van der Waals surface area contributed by atoms with Crippen LogP contribution in [0.4, 0.5) is 0 Å². The van der Waals surface area contributed by atoms with E-state index in [2.05, 4.69) is 0 Å². The van der Waals surface area contributed by atoms with Gasteiger partial charge in [-0.25, -0.2) is 0 Å². The summed E-state index contributed by atoms with van der Waals surface area (Å²) in [6.45, 7) is 0.391. The quantitative estimate of drug-likeness (QED) is 0.396. The zero-order valence-corrected chi connectivity index (χ0v) is 10.3. The van der Waals surface area contributed by atoms with E-state index in [1.54, 1.807) is 0 Å². The van der Waals surface area contributed by atoms with Gasteiger partial charge in [0.1, 0.15) is 24.7 Å². The van der Waals surface area contributed by atoms with E-state index in [0.29, 0.717) is 6.42 Å². The van der Waals surface area contributed by atoms with E-state index < -0.39 is 5.97 Å². The summed E-state index contributed by atoms with van der Waals surface area (Å²) < 4.78 is 21.3. The Labute approximate surface area is 108 Å². The van der Waals surface area contributed by atoms with E-state index in [4.69, 9.17) is 30.5 Å². The van der Waals surface area contributed by atoms with Crippen LogP contribution in [0.5, 0.6) is 0 Å². The van der Waals surface area contributed by atoms with Gasteiger partial charge in [-0.3, -0.25) is 9.59 Å². The van der Waals surface area contributed by atoms with Crippen molar-refractivity contribution in [1.29, 1.82) is 0 Å². The van der Waals surface area contributed by atoms with Gasteiger partial charge in [0.2, 0.25) is 0 Å². The Balaban J connectivity index is 1.47. The fourth-order valence-electron chi connectivity index (χ4n) is 2.82. The molecule has 2 bridgehead atoms. The molecule has 3 aliphatic heterocycles. The van der Waals surface area contributed by atoms with Gasteiger partial charge in [0, 0.05) is 0 Å². The van der Waals surface area contributed by atoms with Crippen molar-refractivity contribution in [2.45, 2.75) is 30.8 Å². The summed E-state index contributed by atoms with van der Waals surface area (Å²) in [7, 11) is 0. The van der Waals surface area contributed by atoms with Gasteiger partial charge in [-0.15, -0.1) is 11.6 Å². The lowest BCUT2D eigenvalue weighted by atomic mass is 9.88. The molecule has 0 radical (unpaired) electrons. The van der Waals surface area contributed by atoms with Gasteiger partial charge in [0.05, 0.1) is 18.6 Å². The van der Waals surface area contributed by atoms with E-state index in [0.717, 1.165) is 0 Å². The Morgan fingerprint density at radius 1 is 1.39 bits per heavy atom. The highest BCUT2D eigenvalue weighted by molar-refractivity contribution is 6.26. The van der Waals surface area contributed by atoms with Crippen molar-refractivity contribution in [2.75, 3.05) is 19.1 Å². The standard InChI is InChI=1S/C11H13ClO6/c12-4-7(13)15-1-2-16-9-6-3-5-8(17-6)10(9)18-11(5)14/h5-6,8-10H,1-4H2/t5?,6?,8?,9-,10?/m1/s1. The smallest absolute Gasteiger partial charge is 0.320 e. The normalized spacial score (nSPS) is 40.1. The first-order valence-corrected chi connectivity index (χ1v) is 6.43. The van der Waals surface area contributed by atoms with Crippen LogP contribution < -0.4 is 0 Å². The Kier molecular flexibility index (Phi) is 3.17. The van der Waals surface area contributed by atoms with E-state index in [1.807, 2.05) is 0 Å². The molecule has 0 aliphatic carbocycles. The first-order chi connectivity index (χ1) is 8.70. The molecule has 100 valence electrons. The average molecular weight is 277 g/mol. The number of hydrogen-bond donors (Lipinski definition) is 0. The predicted octanol–water partition coefficient (Wildman–Crippen LogP) is -0.134. The summed E-state index contributed by atoms with van der Waals surface area (Å²) >= 11 is 5.28. The monoisotopic (exact) mass is 276 g/mol. The minimum atomic E-state index is -0.475. The number of halogens is 1. The second-order valence-electron chi connectivity index (χ2n) is 4.57. The number of carbonyl (C=O) groups excluding carboxylic acids is 2. The lowest BCUT2D eigenvalue weighted by molar-refractivity contribution is -0.148. The zero-order valence-electron chi connectivity index (χ0n) is 9.54. The SMILES string of the molecule is O=C(CCl)OCCO[C@@H]1C2CC3C(=O)OC1C3O2. The third-order valence-corrected chi connectivity index (χ3v) is 3.77.